The van der Waals surface area contributed by atoms with Gasteiger partial charge in [0, 0.05) is 18.3 Å². The lowest BCUT2D eigenvalue weighted by atomic mass is 10.2. The second-order valence-electron chi connectivity index (χ2n) is 4.36. The molecular formula is C15H14N4O2. The van der Waals surface area contributed by atoms with Crippen LogP contribution in [0.2, 0.25) is 0 Å². The van der Waals surface area contributed by atoms with Crippen LogP contribution < -0.4 is 10.5 Å². The van der Waals surface area contributed by atoms with Gasteiger partial charge in [0.25, 0.3) is 5.89 Å². The molecule has 0 saturated carbocycles. The van der Waals surface area contributed by atoms with Gasteiger partial charge in [-0.2, -0.15) is 4.98 Å². The maximum atomic E-state index is 5.59. The molecule has 0 fully saturated rings. The highest BCUT2D eigenvalue weighted by Gasteiger charge is 2.14. The van der Waals surface area contributed by atoms with Crippen molar-refractivity contribution in [3.05, 3.63) is 48.3 Å². The molecule has 0 aliphatic rings. The third kappa shape index (κ3) is 2.61. The van der Waals surface area contributed by atoms with E-state index in [1.807, 2.05) is 30.3 Å². The van der Waals surface area contributed by atoms with Crippen molar-refractivity contribution in [1.29, 1.82) is 0 Å². The molecule has 0 atom stereocenters. The molecule has 3 aromatic rings. The van der Waals surface area contributed by atoms with Gasteiger partial charge in [0.05, 0.1) is 18.4 Å². The van der Waals surface area contributed by atoms with Crippen molar-refractivity contribution in [2.45, 2.75) is 6.54 Å². The first-order valence-electron chi connectivity index (χ1n) is 6.44. The highest BCUT2D eigenvalue weighted by Crippen LogP contribution is 2.29. The molecule has 21 heavy (non-hydrogen) atoms. The molecule has 0 bridgehead atoms. The lowest BCUT2D eigenvalue weighted by molar-refractivity contribution is 0.413. The van der Waals surface area contributed by atoms with Crippen molar-refractivity contribution in [1.82, 2.24) is 15.1 Å². The van der Waals surface area contributed by atoms with Gasteiger partial charge in [0.2, 0.25) is 5.82 Å². The zero-order valence-corrected chi connectivity index (χ0v) is 11.5. The van der Waals surface area contributed by atoms with Crippen LogP contribution in [0.4, 0.5) is 0 Å². The average molecular weight is 282 g/mol. The third-order valence-electron chi connectivity index (χ3n) is 3.05. The van der Waals surface area contributed by atoms with E-state index in [0.717, 1.165) is 16.8 Å². The standard InChI is InChI=1S/C15H14N4O2/c1-20-13-5-3-2-4-12(13)14-18-15(21-19-14)10-6-7-17-11(8-10)9-16/h2-8H,9,16H2,1H3. The van der Waals surface area contributed by atoms with Crippen LogP contribution in [0, 0.1) is 0 Å². The van der Waals surface area contributed by atoms with Crippen molar-refractivity contribution in [2.24, 2.45) is 5.73 Å². The van der Waals surface area contributed by atoms with E-state index in [2.05, 4.69) is 15.1 Å². The first-order chi connectivity index (χ1) is 10.3. The fourth-order valence-corrected chi connectivity index (χ4v) is 2.00. The summed E-state index contributed by atoms with van der Waals surface area (Å²) in [6.07, 6.45) is 1.67. The van der Waals surface area contributed by atoms with E-state index >= 15 is 0 Å². The zero-order valence-electron chi connectivity index (χ0n) is 11.5. The number of nitrogens with two attached hydrogens (primary N) is 1. The number of methoxy groups -OCH3 is 1. The number of hydrogen-bond acceptors (Lipinski definition) is 6. The first kappa shape index (κ1) is 13.3. The van der Waals surface area contributed by atoms with E-state index in [1.54, 1.807) is 19.4 Å². The molecule has 1 aromatic carbocycles. The largest absolute Gasteiger partial charge is 0.496 e. The van der Waals surface area contributed by atoms with Crippen LogP contribution in [-0.4, -0.2) is 22.2 Å². The van der Waals surface area contributed by atoms with Gasteiger partial charge in [0.15, 0.2) is 0 Å². The van der Waals surface area contributed by atoms with E-state index in [-0.39, 0.29) is 0 Å². The molecule has 6 heteroatoms. The Bertz CT molecular complexity index is 755. The molecule has 3 rings (SSSR count). The van der Waals surface area contributed by atoms with Crippen LogP contribution in [0.1, 0.15) is 5.69 Å². The quantitative estimate of drug-likeness (QED) is 0.789. The summed E-state index contributed by atoms with van der Waals surface area (Å²) in [5.41, 5.74) is 7.92. The molecule has 0 aliphatic carbocycles. The minimum Gasteiger partial charge on any atom is -0.496 e. The second kappa shape index (κ2) is 5.72. The Labute approximate surface area is 121 Å². The van der Waals surface area contributed by atoms with Crippen LogP contribution in [0.15, 0.2) is 47.1 Å². The summed E-state index contributed by atoms with van der Waals surface area (Å²) in [4.78, 5) is 8.55. The van der Waals surface area contributed by atoms with Crippen LogP contribution >= 0.6 is 0 Å². The van der Waals surface area contributed by atoms with Gasteiger partial charge in [-0.1, -0.05) is 17.3 Å². The predicted octanol–water partition coefficient (Wildman–Crippen LogP) is 2.27. The van der Waals surface area contributed by atoms with Crippen molar-refractivity contribution in [2.75, 3.05) is 7.11 Å². The van der Waals surface area contributed by atoms with E-state index in [1.165, 1.54) is 0 Å². The Hall–Kier alpha value is -2.73. The van der Waals surface area contributed by atoms with E-state index < -0.39 is 0 Å². The summed E-state index contributed by atoms with van der Waals surface area (Å²) >= 11 is 0. The number of pyridine rings is 1. The summed E-state index contributed by atoms with van der Waals surface area (Å²) in [6, 6.07) is 11.2. The van der Waals surface area contributed by atoms with Gasteiger partial charge >= 0.3 is 0 Å². The van der Waals surface area contributed by atoms with Crippen LogP contribution in [0.5, 0.6) is 5.75 Å². The molecular weight excluding hydrogens is 268 g/mol. The van der Waals surface area contributed by atoms with Gasteiger partial charge in [-0.15, -0.1) is 0 Å². The summed E-state index contributed by atoms with van der Waals surface area (Å²) in [5.74, 6) is 1.60. The number of rotatable bonds is 4. The van der Waals surface area contributed by atoms with Crippen molar-refractivity contribution in [3.63, 3.8) is 0 Å². The monoisotopic (exact) mass is 282 g/mol. The maximum Gasteiger partial charge on any atom is 0.258 e. The lowest BCUT2D eigenvalue weighted by Gasteiger charge is -2.03. The number of aromatic nitrogens is 3. The van der Waals surface area contributed by atoms with Gasteiger partial charge in [-0.3, -0.25) is 4.98 Å². The number of benzene rings is 1. The number of hydrogen-bond donors (Lipinski definition) is 1. The van der Waals surface area contributed by atoms with Crippen LogP contribution in [-0.2, 0) is 6.54 Å². The molecule has 0 spiro atoms. The number of nitrogens with zero attached hydrogens (tertiary/aromatic N) is 3. The molecule has 0 aliphatic heterocycles. The van der Waals surface area contributed by atoms with E-state index in [4.69, 9.17) is 15.0 Å². The van der Waals surface area contributed by atoms with Crippen molar-refractivity contribution < 1.29 is 9.26 Å². The molecule has 0 saturated heterocycles. The minimum absolute atomic E-state index is 0.362. The summed E-state index contributed by atoms with van der Waals surface area (Å²) in [5, 5.41) is 4.01. The average Bonchev–Trinajstić information content (AvgIpc) is 3.04. The molecule has 0 amide bonds. The van der Waals surface area contributed by atoms with Gasteiger partial charge in [-0.25, -0.2) is 0 Å². The van der Waals surface area contributed by atoms with Crippen LogP contribution in [0.3, 0.4) is 0 Å². The zero-order chi connectivity index (χ0) is 14.7. The fourth-order valence-electron chi connectivity index (χ4n) is 2.00. The van der Waals surface area contributed by atoms with Gasteiger partial charge < -0.3 is 15.0 Å². The third-order valence-corrected chi connectivity index (χ3v) is 3.05. The Morgan fingerprint density at radius 1 is 1.24 bits per heavy atom. The van der Waals surface area contributed by atoms with E-state index in [9.17, 15) is 0 Å². The van der Waals surface area contributed by atoms with Gasteiger partial charge in [0.1, 0.15) is 5.75 Å². The Balaban J connectivity index is 1.99. The van der Waals surface area contributed by atoms with Crippen LogP contribution in [0.25, 0.3) is 22.8 Å². The number of ether oxygens (including phenoxy) is 1. The topological polar surface area (TPSA) is 87.1 Å². The second-order valence-corrected chi connectivity index (χ2v) is 4.36. The molecule has 2 heterocycles. The maximum absolute atomic E-state index is 5.59. The minimum atomic E-state index is 0.362. The summed E-state index contributed by atoms with van der Waals surface area (Å²) < 4.78 is 10.6. The smallest absolute Gasteiger partial charge is 0.258 e. The summed E-state index contributed by atoms with van der Waals surface area (Å²) in [7, 11) is 1.61. The van der Waals surface area contributed by atoms with Gasteiger partial charge in [-0.05, 0) is 24.3 Å². The Morgan fingerprint density at radius 2 is 2.10 bits per heavy atom. The fraction of sp³-hybridized carbons (Fsp3) is 0.133. The molecule has 6 nitrogen and oxygen atoms in total. The normalized spacial score (nSPS) is 10.6. The molecule has 0 unspecified atom stereocenters. The predicted molar refractivity (Wildman–Crippen MR) is 77.4 cm³/mol. The molecule has 2 N–H and O–H groups in total. The molecule has 106 valence electrons. The molecule has 0 radical (unpaired) electrons. The van der Waals surface area contributed by atoms with Crippen molar-refractivity contribution in [3.8, 4) is 28.6 Å². The lowest BCUT2D eigenvalue weighted by Crippen LogP contribution is -1.98. The molecule has 2 aromatic heterocycles. The highest BCUT2D eigenvalue weighted by molar-refractivity contribution is 5.65. The number of para-hydroxylation sites is 1. The van der Waals surface area contributed by atoms with E-state index in [0.29, 0.717) is 24.0 Å². The Kier molecular flexibility index (Phi) is 3.61. The SMILES string of the molecule is COc1ccccc1-c1noc(-c2ccnc(CN)c2)n1. The summed E-state index contributed by atoms with van der Waals surface area (Å²) in [6.45, 7) is 0.362. The highest BCUT2D eigenvalue weighted by atomic mass is 16.5. The Morgan fingerprint density at radius 3 is 2.90 bits per heavy atom. The first-order valence-corrected chi connectivity index (χ1v) is 6.44. The van der Waals surface area contributed by atoms with Crippen molar-refractivity contribution >= 4 is 0 Å².